The average molecular weight is 494 g/mol. The lowest BCUT2D eigenvalue weighted by Crippen LogP contribution is -2.46. The number of piperidine rings is 1. The van der Waals surface area contributed by atoms with Crippen molar-refractivity contribution in [3.05, 3.63) is 152 Å². The van der Waals surface area contributed by atoms with Gasteiger partial charge >= 0.3 is 0 Å². The topological polar surface area (TPSA) is 115 Å². The van der Waals surface area contributed by atoms with Crippen molar-refractivity contribution in [1.29, 1.82) is 0 Å². The van der Waals surface area contributed by atoms with Gasteiger partial charge in [0, 0.05) is 36.3 Å². The van der Waals surface area contributed by atoms with Crippen LogP contribution in [0.5, 0.6) is 0 Å². The van der Waals surface area contributed by atoms with Crippen molar-refractivity contribution in [2.45, 2.75) is 23.9 Å². The summed E-state index contributed by atoms with van der Waals surface area (Å²) in [6.07, 6.45) is 0. The molecule has 37 heavy (non-hydrogen) atoms. The first-order valence-electron chi connectivity index (χ1n) is 11.8. The van der Waals surface area contributed by atoms with Crippen molar-refractivity contribution in [1.82, 2.24) is 5.32 Å². The molecule has 4 aromatic carbocycles. The van der Waals surface area contributed by atoms with Crippen LogP contribution >= 0.6 is 0 Å². The van der Waals surface area contributed by atoms with Gasteiger partial charge in [-0.2, -0.15) is 0 Å². The maximum Gasteiger partial charge on any atom is 0.269 e. The van der Waals surface area contributed by atoms with Gasteiger partial charge in [0.15, 0.2) is 5.78 Å². The Morgan fingerprint density at radius 2 is 0.865 bits per heavy atom. The SMILES string of the molecule is O=C1[C@@H](c2ccccc2)[C@@H](c2ccc([N+](=O)[O-])cc2)N[C@H](c2ccc([N+](=O)[O-])cc2)[C@@H]1c1ccccc1. The summed E-state index contributed by atoms with van der Waals surface area (Å²) in [7, 11) is 0. The highest BCUT2D eigenvalue weighted by Crippen LogP contribution is 2.47. The number of ketones is 1. The van der Waals surface area contributed by atoms with Crippen molar-refractivity contribution in [2.24, 2.45) is 0 Å². The Balaban J connectivity index is 1.65. The van der Waals surface area contributed by atoms with E-state index in [0.29, 0.717) is 0 Å². The van der Waals surface area contributed by atoms with Crippen molar-refractivity contribution in [2.75, 3.05) is 0 Å². The molecule has 0 spiro atoms. The number of hydrogen-bond donors (Lipinski definition) is 1. The molecular weight excluding hydrogens is 470 g/mol. The van der Waals surface area contributed by atoms with Gasteiger partial charge in [0.1, 0.15) is 0 Å². The number of nitrogens with zero attached hydrogens (tertiary/aromatic N) is 2. The molecule has 1 fully saturated rings. The van der Waals surface area contributed by atoms with Crippen LogP contribution in [0.3, 0.4) is 0 Å². The van der Waals surface area contributed by atoms with Gasteiger partial charge in [-0.05, 0) is 22.3 Å². The number of nitro benzene ring substituents is 2. The van der Waals surface area contributed by atoms with E-state index >= 15 is 0 Å². The fourth-order valence-electron chi connectivity index (χ4n) is 5.13. The van der Waals surface area contributed by atoms with Gasteiger partial charge in [-0.15, -0.1) is 0 Å². The molecule has 1 N–H and O–H groups in total. The first-order valence-corrected chi connectivity index (χ1v) is 11.8. The molecule has 0 aliphatic carbocycles. The molecule has 4 aromatic rings. The molecule has 1 aliphatic heterocycles. The van der Waals surface area contributed by atoms with Crippen LogP contribution in [-0.2, 0) is 4.79 Å². The third kappa shape index (κ3) is 4.74. The third-order valence-corrected chi connectivity index (χ3v) is 6.88. The van der Waals surface area contributed by atoms with Gasteiger partial charge in [-0.1, -0.05) is 84.9 Å². The predicted molar refractivity (Wildman–Crippen MR) is 138 cm³/mol. The molecule has 0 saturated carbocycles. The lowest BCUT2D eigenvalue weighted by atomic mass is 9.70. The first kappa shape index (κ1) is 24.0. The molecule has 1 aliphatic rings. The zero-order valence-electron chi connectivity index (χ0n) is 19.6. The van der Waals surface area contributed by atoms with E-state index in [0.717, 1.165) is 22.3 Å². The van der Waals surface area contributed by atoms with Crippen LogP contribution in [0.25, 0.3) is 0 Å². The second-order valence-corrected chi connectivity index (χ2v) is 9.00. The van der Waals surface area contributed by atoms with Crippen LogP contribution in [-0.4, -0.2) is 15.6 Å². The molecule has 5 rings (SSSR count). The van der Waals surface area contributed by atoms with Crippen LogP contribution in [0.2, 0.25) is 0 Å². The summed E-state index contributed by atoms with van der Waals surface area (Å²) in [5.41, 5.74) is 3.10. The molecule has 1 heterocycles. The summed E-state index contributed by atoms with van der Waals surface area (Å²) in [4.78, 5) is 35.9. The van der Waals surface area contributed by atoms with Gasteiger partial charge in [0.2, 0.25) is 0 Å². The maximum atomic E-state index is 14.4. The number of benzene rings is 4. The monoisotopic (exact) mass is 493 g/mol. The number of non-ortho nitro benzene ring substituents is 2. The van der Waals surface area contributed by atoms with Crippen LogP contribution in [0.15, 0.2) is 109 Å². The predicted octanol–water partition coefficient (Wildman–Crippen LogP) is 6.03. The highest BCUT2D eigenvalue weighted by Gasteiger charge is 2.46. The smallest absolute Gasteiger partial charge is 0.269 e. The number of carbonyl (C=O) groups is 1. The van der Waals surface area contributed by atoms with E-state index in [4.69, 9.17) is 0 Å². The molecule has 0 amide bonds. The molecular formula is C29H23N3O5. The summed E-state index contributed by atoms with van der Waals surface area (Å²) in [6, 6.07) is 30.5. The number of Topliss-reactive ketones (excluding diaryl/α,β-unsaturated/α-hetero) is 1. The fraction of sp³-hybridized carbons (Fsp3) is 0.138. The standard InChI is InChI=1S/C29H23N3O5/c33-29-25(19-7-3-1-4-8-19)27(21-11-15-23(16-12-21)31(34)35)30-28(26(29)20-9-5-2-6-10-20)22-13-17-24(18-14-22)32(36)37/h1-18,25-28,30H/t25-,26-,27+,28+/m0/s1. The zero-order chi connectivity index (χ0) is 25.9. The number of nitrogens with one attached hydrogen (secondary N) is 1. The van der Waals surface area contributed by atoms with Crippen LogP contribution in [0.4, 0.5) is 11.4 Å². The van der Waals surface area contributed by atoms with Gasteiger partial charge < -0.3 is 5.32 Å². The van der Waals surface area contributed by atoms with Crippen molar-refractivity contribution in [3.63, 3.8) is 0 Å². The van der Waals surface area contributed by atoms with E-state index in [1.54, 1.807) is 24.3 Å². The Hall–Kier alpha value is -4.69. The molecule has 0 radical (unpaired) electrons. The van der Waals surface area contributed by atoms with Crippen LogP contribution < -0.4 is 5.32 Å². The first-order chi connectivity index (χ1) is 17.9. The van der Waals surface area contributed by atoms with E-state index in [2.05, 4.69) is 5.32 Å². The van der Waals surface area contributed by atoms with Crippen LogP contribution in [0, 0.1) is 20.2 Å². The van der Waals surface area contributed by atoms with Crippen LogP contribution in [0.1, 0.15) is 46.2 Å². The summed E-state index contributed by atoms with van der Waals surface area (Å²) in [6.45, 7) is 0. The number of carbonyl (C=O) groups excluding carboxylic acids is 1. The summed E-state index contributed by atoms with van der Waals surface area (Å²) >= 11 is 0. The van der Waals surface area contributed by atoms with E-state index in [9.17, 15) is 25.0 Å². The van der Waals surface area contributed by atoms with Gasteiger partial charge in [-0.25, -0.2) is 0 Å². The van der Waals surface area contributed by atoms with Crippen molar-refractivity contribution >= 4 is 17.2 Å². The summed E-state index contributed by atoms with van der Waals surface area (Å²) in [5.74, 6) is -1.10. The number of rotatable bonds is 6. The molecule has 184 valence electrons. The van der Waals surface area contributed by atoms with Gasteiger partial charge in [-0.3, -0.25) is 25.0 Å². The second-order valence-electron chi connectivity index (χ2n) is 9.00. The Bertz CT molecular complexity index is 1320. The molecule has 1 saturated heterocycles. The Morgan fingerprint density at radius 1 is 0.514 bits per heavy atom. The summed E-state index contributed by atoms with van der Waals surface area (Å²) in [5, 5.41) is 26.1. The average Bonchev–Trinajstić information content (AvgIpc) is 2.93. The molecule has 8 heteroatoms. The normalized spacial score (nSPS) is 21.4. The molecule has 4 atom stereocenters. The Morgan fingerprint density at radius 3 is 1.19 bits per heavy atom. The van der Waals surface area contributed by atoms with Crippen molar-refractivity contribution in [3.8, 4) is 0 Å². The quantitative estimate of drug-likeness (QED) is 0.259. The van der Waals surface area contributed by atoms with Gasteiger partial charge in [0.25, 0.3) is 11.4 Å². The van der Waals surface area contributed by atoms with E-state index in [1.165, 1.54) is 24.3 Å². The number of nitro groups is 2. The molecule has 0 aromatic heterocycles. The molecule has 0 bridgehead atoms. The molecule has 0 unspecified atom stereocenters. The minimum Gasteiger partial charge on any atom is -0.301 e. The largest absolute Gasteiger partial charge is 0.301 e. The number of hydrogen-bond acceptors (Lipinski definition) is 6. The zero-order valence-corrected chi connectivity index (χ0v) is 19.6. The lowest BCUT2D eigenvalue weighted by molar-refractivity contribution is -0.385. The fourth-order valence-corrected chi connectivity index (χ4v) is 5.13. The highest BCUT2D eigenvalue weighted by atomic mass is 16.6. The van der Waals surface area contributed by atoms with Gasteiger partial charge in [0.05, 0.1) is 21.7 Å². The molecule has 8 nitrogen and oxygen atoms in total. The summed E-state index contributed by atoms with van der Waals surface area (Å²) < 4.78 is 0. The van der Waals surface area contributed by atoms with E-state index in [-0.39, 0.29) is 17.2 Å². The van der Waals surface area contributed by atoms with E-state index < -0.39 is 33.8 Å². The highest BCUT2D eigenvalue weighted by molar-refractivity contribution is 5.94. The minimum atomic E-state index is -0.554. The third-order valence-electron chi connectivity index (χ3n) is 6.88. The second kappa shape index (κ2) is 10.1. The van der Waals surface area contributed by atoms with E-state index in [1.807, 2.05) is 60.7 Å². The minimum absolute atomic E-state index is 0.00264. The lowest BCUT2D eigenvalue weighted by Gasteiger charge is -2.42. The Kier molecular flexibility index (Phi) is 6.57. The Labute approximate surface area is 212 Å². The van der Waals surface area contributed by atoms with Crippen molar-refractivity contribution < 1.29 is 14.6 Å². The maximum absolute atomic E-state index is 14.4.